The summed E-state index contributed by atoms with van der Waals surface area (Å²) in [6, 6.07) is 13.3. The maximum atomic E-state index is 12.0. The molecule has 108 valence electrons. The van der Waals surface area contributed by atoms with E-state index in [9.17, 15) is 4.79 Å². The normalized spacial score (nSPS) is 12.5. The Morgan fingerprint density at radius 2 is 2.14 bits per heavy atom. The van der Waals surface area contributed by atoms with Crippen molar-refractivity contribution in [2.75, 3.05) is 0 Å². The van der Waals surface area contributed by atoms with Crippen molar-refractivity contribution >= 4 is 39.8 Å². The highest BCUT2D eigenvalue weighted by Crippen LogP contribution is 2.22. The topological polar surface area (TPSA) is 42.2 Å². The van der Waals surface area contributed by atoms with Gasteiger partial charge in [0.15, 0.2) is 0 Å². The molecule has 21 heavy (non-hydrogen) atoms. The van der Waals surface area contributed by atoms with Crippen molar-refractivity contribution in [1.82, 2.24) is 5.32 Å². The molecule has 1 aromatic carbocycles. The van der Waals surface area contributed by atoms with Crippen molar-refractivity contribution in [2.45, 2.75) is 19.4 Å². The summed E-state index contributed by atoms with van der Waals surface area (Å²) in [5, 5.41) is 4.03. The minimum Gasteiger partial charge on any atom is -0.461 e. The van der Waals surface area contributed by atoms with Gasteiger partial charge in [-0.15, -0.1) is 11.3 Å². The number of hydrogen-bond donors (Lipinski definition) is 1. The molecule has 0 unspecified atom stereocenters. The number of fused-ring (bicyclic) bond motifs is 1. The van der Waals surface area contributed by atoms with Gasteiger partial charge in [-0.05, 0) is 31.2 Å². The van der Waals surface area contributed by atoms with E-state index < -0.39 is 0 Å². The Hall–Kier alpha value is -1.78. The molecule has 0 aliphatic rings. The lowest BCUT2D eigenvalue weighted by atomic mass is 10.2. The van der Waals surface area contributed by atoms with E-state index in [1.807, 2.05) is 37.3 Å². The first-order valence-electron chi connectivity index (χ1n) is 6.65. The van der Waals surface area contributed by atoms with Crippen LogP contribution in [0.5, 0.6) is 0 Å². The molecular formula is C16H14ClNO2S. The molecule has 2 aromatic heterocycles. The highest BCUT2D eigenvalue weighted by molar-refractivity contribution is 7.17. The molecule has 0 aliphatic carbocycles. The molecule has 0 radical (unpaired) electrons. The number of nitrogens with one attached hydrogen (secondary N) is 1. The first kappa shape index (κ1) is 14.2. The molecule has 3 aromatic rings. The van der Waals surface area contributed by atoms with Crippen molar-refractivity contribution in [3.05, 3.63) is 57.4 Å². The summed E-state index contributed by atoms with van der Waals surface area (Å²) in [6.45, 7) is 1.96. The van der Waals surface area contributed by atoms with Gasteiger partial charge in [0.2, 0.25) is 0 Å². The molecule has 3 rings (SSSR count). The van der Waals surface area contributed by atoms with Crippen molar-refractivity contribution in [1.29, 1.82) is 0 Å². The second-order valence-electron chi connectivity index (χ2n) is 4.93. The van der Waals surface area contributed by atoms with Gasteiger partial charge in [-0.25, -0.2) is 0 Å². The molecule has 0 bridgehead atoms. The number of thiophene rings is 1. The minimum atomic E-state index is -0.101. The van der Waals surface area contributed by atoms with Gasteiger partial charge in [-0.3, -0.25) is 4.79 Å². The Morgan fingerprint density at radius 1 is 1.33 bits per heavy atom. The van der Waals surface area contributed by atoms with Gasteiger partial charge < -0.3 is 9.73 Å². The van der Waals surface area contributed by atoms with Crippen molar-refractivity contribution in [3.63, 3.8) is 0 Å². The van der Waals surface area contributed by atoms with Gasteiger partial charge in [0, 0.05) is 17.8 Å². The van der Waals surface area contributed by atoms with E-state index in [0.717, 1.165) is 16.7 Å². The van der Waals surface area contributed by atoms with Crippen LogP contribution in [-0.4, -0.2) is 11.9 Å². The molecule has 1 atom stereocenters. The smallest absolute Gasteiger partial charge is 0.261 e. The quantitative estimate of drug-likeness (QED) is 0.769. The molecule has 5 heteroatoms. The summed E-state index contributed by atoms with van der Waals surface area (Å²) < 4.78 is 6.38. The number of amides is 1. The molecule has 0 saturated heterocycles. The van der Waals surface area contributed by atoms with Crippen molar-refractivity contribution in [3.8, 4) is 0 Å². The predicted molar refractivity (Wildman–Crippen MR) is 86.2 cm³/mol. The zero-order valence-electron chi connectivity index (χ0n) is 11.4. The maximum absolute atomic E-state index is 12.0. The zero-order chi connectivity index (χ0) is 14.8. The first-order chi connectivity index (χ1) is 10.1. The first-order valence-corrected chi connectivity index (χ1v) is 7.85. The standard InChI is InChI=1S/C16H14ClNO2S/c1-10(18-16(19)14-6-7-15(17)21-14)8-12-9-11-4-2-3-5-13(11)20-12/h2-7,9-10H,8H2,1H3,(H,18,19)/t10-/m1/s1. The Balaban J connectivity index is 1.65. The molecule has 1 amide bonds. The van der Waals surface area contributed by atoms with Gasteiger partial charge in [-0.1, -0.05) is 29.8 Å². The summed E-state index contributed by atoms with van der Waals surface area (Å²) in [7, 11) is 0. The monoisotopic (exact) mass is 319 g/mol. The van der Waals surface area contributed by atoms with Crippen LogP contribution in [0, 0.1) is 0 Å². The summed E-state index contributed by atoms with van der Waals surface area (Å²) in [6.07, 6.45) is 0.652. The highest BCUT2D eigenvalue weighted by atomic mass is 35.5. The third-order valence-corrected chi connectivity index (χ3v) is 4.39. The van der Waals surface area contributed by atoms with Gasteiger partial charge in [0.1, 0.15) is 11.3 Å². The number of carbonyl (C=O) groups is 1. The Bertz CT molecular complexity index is 744. The highest BCUT2D eigenvalue weighted by Gasteiger charge is 2.14. The third-order valence-electron chi connectivity index (χ3n) is 3.16. The number of hydrogen-bond acceptors (Lipinski definition) is 3. The van der Waals surface area contributed by atoms with Gasteiger partial charge >= 0.3 is 0 Å². The second-order valence-corrected chi connectivity index (χ2v) is 6.65. The van der Waals surface area contributed by atoms with Crippen molar-refractivity contribution < 1.29 is 9.21 Å². The van der Waals surface area contributed by atoms with E-state index in [1.165, 1.54) is 11.3 Å². The number of benzene rings is 1. The minimum absolute atomic E-state index is 0.0149. The van der Waals surface area contributed by atoms with Gasteiger partial charge in [-0.2, -0.15) is 0 Å². The molecule has 0 aliphatic heterocycles. The largest absolute Gasteiger partial charge is 0.461 e. The number of rotatable bonds is 4. The molecular weight excluding hydrogens is 306 g/mol. The fourth-order valence-corrected chi connectivity index (χ4v) is 3.17. The molecule has 3 nitrogen and oxygen atoms in total. The van der Waals surface area contributed by atoms with Crippen LogP contribution in [0.15, 0.2) is 46.9 Å². The van der Waals surface area contributed by atoms with Crippen LogP contribution in [0.3, 0.4) is 0 Å². The second kappa shape index (κ2) is 5.92. The maximum Gasteiger partial charge on any atom is 0.261 e. The molecule has 1 N–H and O–H groups in total. The number of halogens is 1. The summed E-state index contributed by atoms with van der Waals surface area (Å²) >= 11 is 7.12. The summed E-state index contributed by atoms with van der Waals surface area (Å²) in [5.74, 6) is 0.767. The molecule has 2 heterocycles. The Labute approximate surface area is 131 Å². The van der Waals surface area contributed by atoms with Crippen LogP contribution in [0.1, 0.15) is 22.4 Å². The van der Waals surface area contributed by atoms with E-state index >= 15 is 0 Å². The number of para-hydroxylation sites is 1. The average Bonchev–Trinajstić information content (AvgIpc) is 3.03. The number of furan rings is 1. The Kier molecular flexibility index (Phi) is 3.99. The van der Waals surface area contributed by atoms with E-state index in [-0.39, 0.29) is 11.9 Å². The van der Waals surface area contributed by atoms with Gasteiger partial charge in [0.25, 0.3) is 5.91 Å². The van der Waals surface area contributed by atoms with E-state index in [1.54, 1.807) is 12.1 Å². The molecule has 0 saturated carbocycles. The average molecular weight is 320 g/mol. The zero-order valence-corrected chi connectivity index (χ0v) is 13.0. The van der Waals surface area contributed by atoms with Crippen LogP contribution in [-0.2, 0) is 6.42 Å². The van der Waals surface area contributed by atoms with E-state index in [4.69, 9.17) is 16.0 Å². The molecule has 0 fully saturated rings. The summed E-state index contributed by atoms with van der Waals surface area (Å²) in [4.78, 5) is 12.7. The Morgan fingerprint density at radius 3 is 2.86 bits per heavy atom. The van der Waals surface area contributed by atoms with Gasteiger partial charge in [0.05, 0.1) is 9.21 Å². The SMILES string of the molecule is C[C@H](Cc1cc2ccccc2o1)NC(=O)c1ccc(Cl)s1. The van der Waals surface area contributed by atoms with Crippen LogP contribution in [0.2, 0.25) is 4.34 Å². The van der Waals surface area contributed by atoms with Crippen LogP contribution >= 0.6 is 22.9 Å². The predicted octanol–water partition coefficient (Wildman–Crippen LogP) is 4.51. The van der Waals surface area contributed by atoms with Crippen molar-refractivity contribution in [2.24, 2.45) is 0 Å². The third kappa shape index (κ3) is 3.28. The lowest BCUT2D eigenvalue weighted by molar-refractivity contribution is 0.0943. The van der Waals surface area contributed by atoms with Crippen LogP contribution in [0.25, 0.3) is 11.0 Å². The van der Waals surface area contributed by atoms with E-state index in [0.29, 0.717) is 15.6 Å². The summed E-state index contributed by atoms with van der Waals surface area (Å²) in [5.41, 5.74) is 0.871. The van der Waals surface area contributed by atoms with Crippen LogP contribution in [0.4, 0.5) is 0 Å². The molecule has 0 spiro atoms. The lowest BCUT2D eigenvalue weighted by Crippen LogP contribution is -2.33. The fraction of sp³-hybridized carbons (Fsp3) is 0.188. The number of carbonyl (C=O) groups excluding carboxylic acids is 1. The lowest BCUT2D eigenvalue weighted by Gasteiger charge is -2.11. The van der Waals surface area contributed by atoms with E-state index in [2.05, 4.69) is 5.32 Å². The van der Waals surface area contributed by atoms with Crippen LogP contribution < -0.4 is 5.32 Å². The fourth-order valence-electron chi connectivity index (χ4n) is 2.22.